The van der Waals surface area contributed by atoms with Crippen LogP contribution < -0.4 is 10.6 Å². The zero-order valence-corrected chi connectivity index (χ0v) is 12.6. The number of nitrogens with zero attached hydrogens (tertiary/aromatic N) is 3. The molecule has 2 aromatic heterocycles. The highest BCUT2D eigenvalue weighted by atomic mass is 35.5. The van der Waals surface area contributed by atoms with Crippen LogP contribution in [0, 0.1) is 0 Å². The molecule has 22 heavy (non-hydrogen) atoms. The summed E-state index contributed by atoms with van der Waals surface area (Å²) in [7, 11) is 0. The van der Waals surface area contributed by atoms with E-state index in [4.69, 9.17) is 16.1 Å². The molecule has 0 aliphatic heterocycles. The zero-order chi connectivity index (χ0) is 15.4. The fraction of sp³-hybridized carbons (Fsp3) is 0.429. The summed E-state index contributed by atoms with van der Waals surface area (Å²) in [5.74, 6) is 0.369. The van der Waals surface area contributed by atoms with Crippen LogP contribution in [0.5, 0.6) is 0 Å². The Balaban J connectivity index is 1.66. The smallest absolute Gasteiger partial charge is 0.290 e. The molecule has 1 amide bonds. The minimum absolute atomic E-state index is 0.0195. The number of halogens is 1. The third kappa shape index (κ3) is 3.54. The van der Waals surface area contributed by atoms with Gasteiger partial charge in [0.2, 0.25) is 11.7 Å². The number of anilines is 1. The van der Waals surface area contributed by atoms with Crippen molar-refractivity contribution in [3.63, 3.8) is 0 Å². The summed E-state index contributed by atoms with van der Waals surface area (Å²) in [5.41, 5.74) is 0. The van der Waals surface area contributed by atoms with Gasteiger partial charge in [-0.15, -0.1) is 0 Å². The number of aromatic nitrogens is 3. The Morgan fingerprint density at radius 3 is 2.64 bits per heavy atom. The molecule has 1 fully saturated rings. The number of carbonyl (C=O) groups is 1. The van der Waals surface area contributed by atoms with Crippen molar-refractivity contribution in [3.05, 3.63) is 35.4 Å². The highest BCUT2D eigenvalue weighted by Crippen LogP contribution is 2.21. The van der Waals surface area contributed by atoms with Gasteiger partial charge in [0, 0.05) is 30.5 Å². The predicted octanol–water partition coefficient (Wildman–Crippen LogP) is 2.27. The molecule has 0 bridgehead atoms. The second-order valence-corrected chi connectivity index (χ2v) is 5.59. The van der Waals surface area contributed by atoms with Crippen LogP contribution in [0.3, 0.4) is 0 Å². The van der Waals surface area contributed by atoms with Crippen molar-refractivity contribution in [1.29, 1.82) is 0 Å². The molecule has 0 aromatic carbocycles. The Bertz CT molecular complexity index is 633. The van der Waals surface area contributed by atoms with Crippen molar-refractivity contribution in [2.75, 3.05) is 5.32 Å². The quantitative estimate of drug-likeness (QED) is 0.897. The molecule has 2 atom stereocenters. The summed E-state index contributed by atoms with van der Waals surface area (Å²) in [6.45, 7) is 0. The van der Waals surface area contributed by atoms with Crippen LogP contribution >= 0.6 is 11.6 Å². The highest BCUT2D eigenvalue weighted by molar-refractivity contribution is 6.29. The van der Waals surface area contributed by atoms with Gasteiger partial charge in [-0.2, -0.15) is 0 Å². The lowest BCUT2D eigenvalue weighted by Gasteiger charge is -2.32. The van der Waals surface area contributed by atoms with Gasteiger partial charge in [0.1, 0.15) is 0 Å². The Kier molecular flexibility index (Phi) is 4.53. The number of rotatable bonds is 4. The molecule has 0 radical (unpaired) electrons. The molecule has 1 aliphatic rings. The summed E-state index contributed by atoms with van der Waals surface area (Å²) in [6, 6.07) is 3.23. The van der Waals surface area contributed by atoms with E-state index in [0.29, 0.717) is 5.95 Å². The first kappa shape index (κ1) is 14.8. The fourth-order valence-corrected chi connectivity index (χ4v) is 2.75. The van der Waals surface area contributed by atoms with E-state index >= 15 is 0 Å². The molecule has 0 spiro atoms. The Labute approximate surface area is 132 Å². The van der Waals surface area contributed by atoms with Crippen LogP contribution in [-0.4, -0.2) is 33.1 Å². The van der Waals surface area contributed by atoms with E-state index in [1.807, 2.05) is 0 Å². The van der Waals surface area contributed by atoms with Crippen LogP contribution in [0.2, 0.25) is 5.15 Å². The molecule has 2 aromatic rings. The number of nitrogens with one attached hydrogen (secondary N) is 2. The Morgan fingerprint density at radius 1 is 1.23 bits per heavy atom. The number of hydrogen-bond acceptors (Lipinski definition) is 6. The minimum Gasteiger partial charge on any atom is -0.349 e. The lowest BCUT2D eigenvalue weighted by atomic mass is 9.90. The van der Waals surface area contributed by atoms with E-state index in [2.05, 4.69) is 25.8 Å². The summed E-state index contributed by atoms with van der Waals surface area (Å²) >= 11 is 5.67. The summed E-state index contributed by atoms with van der Waals surface area (Å²) < 4.78 is 4.88. The van der Waals surface area contributed by atoms with Gasteiger partial charge in [-0.05, 0) is 18.9 Å². The SMILES string of the molecule is O=C(N[C@@H]1CCCC[C@H]1Nc1ncccn1)c1cc(Cl)no1. The third-order valence-corrected chi connectivity index (χ3v) is 3.85. The van der Waals surface area contributed by atoms with E-state index in [9.17, 15) is 4.79 Å². The van der Waals surface area contributed by atoms with Gasteiger partial charge < -0.3 is 15.2 Å². The molecule has 8 heteroatoms. The minimum atomic E-state index is -0.313. The number of hydrogen-bond donors (Lipinski definition) is 2. The van der Waals surface area contributed by atoms with Crippen LogP contribution in [0.1, 0.15) is 36.2 Å². The highest BCUT2D eigenvalue weighted by Gasteiger charge is 2.28. The van der Waals surface area contributed by atoms with Crippen LogP contribution in [0.4, 0.5) is 5.95 Å². The zero-order valence-electron chi connectivity index (χ0n) is 11.8. The molecular formula is C14H16ClN5O2. The van der Waals surface area contributed by atoms with Gasteiger partial charge in [-0.3, -0.25) is 4.79 Å². The van der Waals surface area contributed by atoms with Gasteiger partial charge in [0.25, 0.3) is 5.91 Å². The summed E-state index contributed by atoms with van der Waals surface area (Å²) in [4.78, 5) is 20.5. The van der Waals surface area contributed by atoms with E-state index < -0.39 is 0 Å². The van der Waals surface area contributed by atoms with E-state index in [-0.39, 0.29) is 28.9 Å². The standard InChI is InChI=1S/C14H16ClN5O2/c15-12-8-11(22-20-12)13(21)18-9-4-1-2-5-10(9)19-14-16-6-3-7-17-14/h3,6-10H,1-2,4-5H2,(H,18,21)(H,16,17,19)/t9-,10-/m1/s1. The average molecular weight is 322 g/mol. The molecule has 2 heterocycles. The van der Waals surface area contributed by atoms with Crippen molar-refractivity contribution in [3.8, 4) is 0 Å². The van der Waals surface area contributed by atoms with Crippen LogP contribution in [0.25, 0.3) is 0 Å². The maximum absolute atomic E-state index is 12.2. The largest absolute Gasteiger partial charge is 0.349 e. The second-order valence-electron chi connectivity index (χ2n) is 5.20. The first-order chi connectivity index (χ1) is 10.7. The van der Waals surface area contributed by atoms with E-state index in [1.54, 1.807) is 18.5 Å². The summed E-state index contributed by atoms with van der Waals surface area (Å²) in [6.07, 6.45) is 7.37. The third-order valence-electron chi connectivity index (χ3n) is 3.67. The number of carbonyl (C=O) groups excluding carboxylic acids is 1. The van der Waals surface area contributed by atoms with Crippen LogP contribution in [-0.2, 0) is 0 Å². The molecule has 1 aliphatic carbocycles. The lowest BCUT2D eigenvalue weighted by Crippen LogP contribution is -2.48. The first-order valence-electron chi connectivity index (χ1n) is 7.19. The van der Waals surface area contributed by atoms with Crippen molar-refractivity contribution < 1.29 is 9.32 Å². The van der Waals surface area contributed by atoms with Crippen molar-refractivity contribution in [1.82, 2.24) is 20.4 Å². The Morgan fingerprint density at radius 2 is 1.95 bits per heavy atom. The monoisotopic (exact) mass is 321 g/mol. The van der Waals surface area contributed by atoms with Gasteiger partial charge >= 0.3 is 0 Å². The fourth-order valence-electron chi connectivity index (χ4n) is 2.62. The number of amides is 1. The Hall–Kier alpha value is -2.15. The molecule has 2 N–H and O–H groups in total. The molecule has 0 unspecified atom stereocenters. The van der Waals surface area contributed by atoms with Crippen LogP contribution in [0.15, 0.2) is 29.0 Å². The van der Waals surface area contributed by atoms with Crippen molar-refractivity contribution in [2.24, 2.45) is 0 Å². The van der Waals surface area contributed by atoms with Gasteiger partial charge in [-0.25, -0.2) is 9.97 Å². The lowest BCUT2D eigenvalue weighted by molar-refractivity contribution is 0.0886. The summed E-state index contributed by atoms with van der Waals surface area (Å²) in [5, 5.41) is 9.93. The maximum atomic E-state index is 12.2. The van der Waals surface area contributed by atoms with E-state index in [1.165, 1.54) is 6.07 Å². The molecule has 3 rings (SSSR count). The molecule has 1 saturated carbocycles. The van der Waals surface area contributed by atoms with Gasteiger partial charge in [-0.1, -0.05) is 29.6 Å². The van der Waals surface area contributed by atoms with Gasteiger partial charge in [0.05, 0.1) is 0 Å². The molecule has 0 saturated heterocycles. The van der Waals surface area contributed by atoms with Crippen molar-refractivity contribution in [2.45, 2.75) is 37.8 Å². The molecular weight excluding hydrogens is 306 g/mol. The molecule has 7 nitrogen and oxygen atoms in total. The topological polar surface area (TPSA) is 92.9 Å². The van der Waals surface area contributed by atoms with Crippen molar-refractivity contribution >= 4 is 23.5 Å². The average Bonchev–Trinajstić information content (AvgIpc) is 2.97. The van der Waals surface area contributed by atoms with Gasteiger partial charge in [0.15, 0.2) is 5.15 Å². The first-order valence-corrected chi connectivity index (χ1v) is 7.57. The molecule has 116 valence electrons. The maximum Gasteiger partial charge on any atom is 0.290 e. The normalized spacial score (nSPS) is 21.3. The second kappa shape index (κ2) is 6.74. The van der Waals surface area contributed by atoms with E-state index in [0.717, 1.165) is 25.7 Å². The predicted molar refractivity (Wildman–Crippen MR) is 80.7 cm³/mol.